The fraction of sp³-hybridized carbons (Fsp3) is 1.00. The van der Waals surface area contributed by atoms with Gasteiger partial charge in [0.1, 0.15) is 0 Å². The van der Waals surface area contributed by atoms with Crippen molar-refractivity contribution >= 4 is 0 Å². The van der Waals surface area contributed by atoms with Gasteiger partial charge in [-0.2, -0.15) is 0 Å². The minimum Gasteiger partial charge on any atom is -0.0654 e. The third kappa shape index (κ3) is 9.16. The van der Waals surface area contributed by atoms with Gasteiger partial charge in [0.2, 0.25) is 0 Å². The number of hydrogen-bond acceptors (Lipinski definition) is 0. The van der Waals surface area contributed by atoms with Gasteiger partial charge in [0, 0.05) is 0 Å². The summed E-state index contributed by atoms with van der Waals surface area (Å²) < 4.78 is 0. The van der Waals surface area contributed by atoms with E-state index in [1.165, 1.54) is 270 Å². The van der Waals surface area contributed by atoms with E-state index >= 15 is 0 Å². The molecule has 4 unspecified atom stereocenters. The third-order valence-corrected chi connectivity index (χ3v) is 33.5. The Hall–Kier alpha value is 0. The maximum absolute atomic E-state index is 2.62. The minimum absolute atomic E-state index is 0.441. The van der Waals surface area contributed by atoms with Crippen molar-refractivity contribution in [3.63, 3.8) is 0 Å². The van der Waals surface area contributed by atoms with Crippen LogP contribution in [0.25, 0.3) is 0 Å². The molecule has 0 radical (unpaired) electrons. The van der Waals surface area contributed by atoms with Gasteiger partial charge in [-0.25, -0.2) is 0 Å². The lowest BCUT2D eigenvalue weighted by atomic mass is 9.28. The summed E-state index contributed by atoms with van der Waals surface area (Å²) in [5, 5.41) is 0. The quantitative estimate of drug-likeness (QED) is 0.0904. The van der Waals surface area contributed by atoms with E-state index in [2.05, 4.69) is 111 Å². The summed E-state index contributed by atoms with van der Waals surface area (Å²) in [6, 6.07) is 0. The molecule has 0 spiro atoms. The Morgan fingerprint density at radius 2 is 0.346 bits per heavy atom. The Labute approximate surface area is 488 Å². The number of hydrogen-bond donors (Lipinski definition) is 0. The van der Waals surface area contributed by atoms with Crippen LogP contribution >= 0.6 is 0 Å². The van der Waals surface area contributed by atoms with Gasteiger partial charge in [-0.05, 0) is 290 Å². The highest BCUT2D eigenvalue weighted by Crippen LogP contribution is 2.80. The van der Waals surface area contributed by atoms with E-state index in [-0.39, 0.29) is 0 Å². The molecule has 0 amide bonds. The topological polar surface area (TPSA) is 0 Å². The highest BCUT2D eigenvalue weighted by atomic mass is 14.8. The SMILES string of the molecule is C1C2C3CC2C13.C1C2C3CC2C13.C1C2C3CC2C13.C1C2C3CC2C13.C1C2C3CC2C13.C1C2C3CC2C13.CCCCC(C)(C)C(C)(CCCC)C(C)(CC)CCCC.CCCCC(C)(C)C(C)(CCCC)C(C)(CC)CCCC. The molecule has 0 heterocycles. The van der Waals surface area contributed by atoms with Gasteiger partial charge in [-0.3, -0.25) is 0 Å². The van der Waals surface area contributed by atoms with Crippen LogP contribution in [0.2, 0.25) is 0 Å². The third-order valence-electron chi connectivity index (χ3n) is 33.5. The first kappa shape index (κ1) is 59.7. The van der Waals surface area contributed by atoms with Crippen molar-refractivity contribution in [1.29, 1.82) is 0 Å². The maximum atomic E-state index is 2.62. The summed E-state index contributed by atoms with van der Waals surface area (Å²) in [7, 11) is 0. The van der Waals surface area contributed by atoms with E-state index < -0.39 is 0 Å². The van der Waals surface area contributed by atoms with Crippen LogP contribution in [0, 0.1) is 175 Å². The molecule has 0 nitrogen and oxygen atoms in total. The van der Waals surface area contributed by atoms with Gasteiger partial charge in [-0.15, -0.1) is 0 Å². The first-order valence-electron chi connectivity index (χ1n) is 37.3. The lowest BCUT2D eigenvalue weighted by Gasteiger charge is -2.77. The molecule has 30 saturated carbocycles. The van der Waals surface area contributed by atoms with Crippen LogP contribution in [0.1, 0.15) is 316 Å². The van der Waals surface area contributed by atoms with Crippen LogP contribution < -0.4 is 0 Å². The fourth-order valence-corrected chi connectivity index (χ4v) is 22.8. The Balaban J connectivity index is 0.000000100. The second-order valence-electron chi connectivity index (χ2n) is 35.6. The van der Waals surface area contributed by atoms with Crippen LogP contribution in [0.4, 0.5) is 0 Å². The van der Waals surface area contributed by atoms with Crippen molar-refractivity contribution in [3.05, 3.63) is 0 Å². The Kier molecular flexibility index (Phi) is 17.4. The van der Waals surface area contributed by atoms with E-state index in [0.717, 1.165) is 0 Å². The van der Waals surface area contributed by atoms with E-state index in [1.54, 1.807) is 77.0 Å². The van der Waals surface area contributed by atoms with Gasteiger partial charge in [0.05, 0.1) is 0 Å². The largest absolute Gasteiger partial charge is 0.0654 e. The highest BCUT2D eigenvalue weighted by molar-refractivity contribution is 5.22. The van der Waals surface area contributed by atoms with Gasteiger partial charge in [0.25, 0.3) is 0 Å². The van der Waals surface area contributed by atoms with Crippen LogP contribution in [0.5, 0.6) is 0 Å². The standard InChI is InChI=1S/2C21H44.6C6H8/c2*1-9-13-16-19(5,6)21(8,18-15-11-3)20(7,12-4)17-14-10-2;6*1-3-5-2-6(3)4(1)5/h2*9-18H2,1-8H3;6*3-6H,1-2H2. The molecular weight excluding hydrogens is 937 g/mol. The number of rotatable bonds is 24. The fourth-order valence-electron chi connectivity index (χ4n) is 22.8. The Morgan fingerprint density at radius 1 is 0.205 bits per heavy atom. The molecular formula is C78H136. The predicted molar refractivity (Wildman–Crippen MR) is 337 cm³/mol. The first-order chi connectivity index (χ1) is 37.3. The van der Waals surface area contributed by atoms with E-state index in [4.69, 9.17) is 0 Å². The average molecular weight is 1070 g/mol. The van der Waals surface area contributed by atoms with Gasteiger partial charge < -0.3 is 0 Å². The van der Waals surface area contributed by atoms with Crippen molar-refractivity contribution in [2.24, 2.45) is 175 Å². The molecule has 24 bridgehead atoms. The first-order valence-corrected chi connectivity index (χ1v) is 37.3. The second-order valence-corrected chi connectivity index (χ2v) is 35.6. The normalized spacial score (nSPS) is 46.8. The molecule has 30 aliphatic rings. The predicted octanol–water partition coefficient (Wildman–Crippen LogP) is 23.6. The van der Waals surface area contributed by atoms with Crippen LogP contribution in [0.15, 0.2) is 0 Å². The zero-order valence-electron chi connectivity index (χ0n) is 55.5. The molecule has 30 fully saturated rings. The zero-order valence-corrected chi connectivity index (χ0v) is 55.5. The number of unbranched alkanes of at least 4 members (excludes halogenated alkanes) is 6. The van der Waals surface area contributed by atoms with Crippen molar-refractivity contribution in [3.8, 4) is 0 Å². The van der Waals surface area contributed by atoms with Gasteiger partial charge in [-0.1, -0.05) is 201 Å². The van der Waals surface area contributed by atoms with Gasteiger partial charge >= 0.3 is 0 Å². The lowest BCUT2D eigenvalue weighted by Crippen LogP contribution is -2.70. The molecule has 78 heavy (non-hydrogen) atoms. The molecule has 0 aliphatic heterocycles. The van der Waals surface area contributed by atoms with E-state index in [1.807, 2.05) is 0 Å². The smallest absolute Gasteiger partial charge is 0.0221 e. The van der Waals surface area contributed by atoms with E-state index in [0.29, 0.717) is 32.5 Å². The molecule has 4 atom stereocenters. The molecule has 0 aromatic heterocycles. The maximum Gasteiger partial charge on any atom is -0.0221 e. The van der Waals surface area contributed by atoms with Crippen molar-refractivity contribution < 1.29 is 0 Å². The summed E-state index contributed by atoms with van der Waals surface area (Å²) in [5.74, 6) is 30.6. The zero-order chi connectivity index (χ0) is 55.5. The van der Waals surface area contributed by atoms with Crippen molar-refractivity contribution in [1.82, 2.24) is 0 Å². The summed E-state index contributed by atoms with van der Waals surface area (Å²) in [6.45, 7) is 39.5. The molecule has 30 rings (SSSR count). The molecule has 0 saturated heterocycles. The molecule has 0 N–H and O–H groups in total. The summed E-state index contributed by atoms with van der Waals surface area (Å²) in [4.78, 5) is 0. The van der Waals surface area contributed by atoms with Crippen molar-refractivity contribution in [2.45, 2.75) is 316 Å². The van der Waals surface area contributed by atoms with Crippen LogP contribution in [-0.4, -0.2) is 0 Å². The minimum atomic E-state index is 0.441. The van der Waals surface area contributed by atoms with Crippen LogP contribution in [0.3, 0.4) is 0 Å². The average Bonchev–Trinajstić information content (AvgIpc) is 3.29. The molecule has 0 aromatic carbocycles. The van der Waals surface area contributed by atoms with E-state index in [9.17, 15) is 0 Å². The second kappa shape index (κ2) is 22.7. The molecule has 0 heteroatoms. The Morgan fingerprint density at radius 3 is 0.462 bits per heavy atom. The van der Waals surface area contributed by atoms with Crippen LogP contribution in [-0.2, 0) is 0 Å². The Bertz CT molecular complexity index is 1510. The molecule has 0 aromatic rings. The molecule has 448 valence electrons. The highest BCUT2D eigenvalue weighted by Gasteiger charge is 2.73. The van der Waals surface area contributed by atoms with Crippen molar-refractivity contribution in [2.75, 3.05) is 0 Å². The summed E-state index contributed by atoms with van der Waals surface area (Å²) >= 11 is 0. The monoisotopic (exact) mass is 1070 g/mol. The lowest BCUT2D eigenvalue weighted by molar-refractivity contribution is -0.283. The summed E-state index contributed by atoms with van der Waals surface area (Å²) in [6.07, 6.45) is 46.7. The molecule has 30 aliphatic carbocycles. The summed E-state index contributed by atoms with van der Waals surface area (Å²) in [5.41, 5.74) is 2.75. The van der Waals surface area contributed by atoms with Gasteiger partial charge in [0.15, 0.2) is 0 Å².